The summed E-state index contributed by atoms with van der Waals surface area (Å²) in [5, 5.41) is 4.17. The van der Waals surface area contributed by atoms with Gasteiger partial charge >= 0.3 is 0 Å². The first kappa shape index (κ1) is 16.5. The molecule has 0 bridgehead atoms. The molecule has 0 radical (unpaired) electrons. The Balaban J connectivity index is 1.62. The Bertz CT molecular complexity index is 1040. The summed E-state index contributed by atoms with van der Waals surface area (Å²) in [5.41, 5.74) is 6.76. The number of aromatic amines is 1. The lowest BCUT2D eigenvalue weighted by atomic mass is 9.90. The zero-order chi connectivity index (χ0) is 18.4. The molecule has 2 aromatic carbocycles. The minimum absolute atomic E-state index is 0.186. The Morgan fingerprint density at radius 3 is 2.89 bits per heavy atom. The van der Waals surface area contributed by atoms with Gasteiger partial charge in [0.2, 0.25) is 0 Å². The molecule has 1 saturated heterocycles. The van der Waals surface area contributed by atoms with E-state index in [-0.39, 0.29) is 18.3 Å². The minimum atomic E-state index is -0.287. The maximum absolute atomic E-state index is 15.1. The Labute approximate surface area is 155 Å². The van der Waals surface area contributed by atoms with Crippen molar-refractivity contribution in [1.29, 1.82) is 0 Å². The van der Waals surface area contributed by atoms with Gasteiger partial charge in [0.05, 0.1) is 11.3 Å². The van der Waals surface area contributed by atoms with Gasteiger partial charge in [-0.1, -0.05) is 12.1 Å². The predicted molar refractivity (Wildman–Crippen MR) is 101 cm³/mol. The number of hydroxylamine groups is 1. The first-order valence-corrected chi connectivity index (χ1v) is 9.28. The molecule has 5 nitrogen and oxygen atoms in total. The molecule has 138 valence electrons. The van der Waals surface area contributed by atoms with Gasteiger partial charge in [-0.2, -0.15) is 0 Å². The lowest BCUT2D eigenvalue weighted by Gasteiger charge is -2.23. The van der Waals surface area contributed by atoms with Gasteiger partial charge in [0.15, 0.2) is 0 Å². The standard InChI is InChI=1S/C21H20FN3O2/c22-17-9-12(13-3-2-8-23-10-13)6-7-14(17)20-16-11-27-25-21(26)15-4-1-5-18(24-20)19(15)16/h1,4-7,9,13,23-24H,2-3,8,10-11H2,(H,25,26)/t13-/m1/s1. The van der Waals surface area contributed by atoms with E-state index in [2.05, 4.69) is 15.8 Å². The highest BCUT2D eigenvalue weighted by molar-refractivity contribution is 6.09. The molecule has 1 aromatic heterocycles. The van der Waals surface area contributed by atoms with Crippen LogP contribution in [-0.2, 0) is 11.4 Å². The van der Waals surface area contributed by atoms with Gasteiger partial charge in [-0.05, 0) is 55.1 Å². The molecule has 0 unspecified atom stereocenters. The van der Waals surface area contributed by atoms with E-state index in [1.807, 2.05) is 24.3 Å². The minimum Gasteiger partial charge on any atom is -0.354 e. The van der Waals surface area contributed by atoms with Crippen molar-refractivity contribution in [2.45, 2.75) is 25.4 Å². The lowest BCUT2D eigenvalue weighted by Crippen LogP contribution is -2.28. The molecule has 0 aliphatic carbocycles. The summed E-state index contributed by atoms with van der Waals surface area (Å²) in [4.78, 5) is 20.8. The number of amides is 1. The normalized spacial score (nSPS) is 19.7. The summed E-state index contributed by atoms with van der Waals surface area (Å²) in [6.07, 6.45) is 2.19. The summed E-state index contributed by atoms with van der Waals surface area (Å²) in [7, 11) is 0. The highest BCUT2D eigenvalue weighted by Crippen LogP contribution is 2.36. The van der Waals surface area contributed by atoms with Gasteiger partial charge in [-0.3, -0.25) is 9.63 Å². The highest BCUT2D eigenvalue weighted by atomic mass is 19.1. The second-order valence-electron chi connectivity index (χ2n) is 7.21. The van der Waals surface area contributed by atoms with Crippen LogP contribution in [0.1, 0.15) is 40.2 Å². The van der Waals surface area contributed by atoms with Crippen molar-refractivity contribution in [2.24, 2.45) is 0 Å². The quantitative estimate of drug-likeness (QED) is 0.650. The Kier molecular flexibility index (Phi) is 3.95. The van der Waals surface area contributed by atoms with Crippen molar-refractivity contribution in [3.05, 3.63) is 58.9 Å². The van der Waals surface area contributed by atoms with Crippen LogP contribution >= 0.6 is 0 Å². The maximum atomic E-state index is 15.1. The van der Waals surface area contributed by atoms with E-state index >= 15 is 4.39 Å². The van der Waals surface area contributed by atoms with Crippen LogP contribution in [0.2, 0.25) is 0 Å². The third kappa shape index (κ3) is 2.72. The van der Waals surface area contributed by atoms with Crippen LogP contribution in [0.25, 0.3) is 22.2 Å². The van der Waals surface area contributed by atoms with Crippen LogP contribution < -0.4 is 10.8 Å². The van der Waals surface area contributed by atoms with Crippen molar-refractivity contribution >= 4 is 16.8 Å². The number of halogens is 1. The fourth-order valence-corrected chi connectivity index (χ4v) is 4.23. The fourth-order valence-electron chi connectivity index (χ4n) is 4.23. The molecule has 2 aliphatic heterocycles. The molecular formula is C21H20FN3O2. The number of hydrogen-bond acceptors (Lipinski definition) is 3. The van der Waals surface area contributed by atoms with E-state index in [0.29, 0.717) is 22.7 Å². The summed E-state index contributed by atoms with van der Waals surface area (Å²) in [6, 6.07) is 10.9. The molecule has 27 heavy (non-hydrogen) atoms. The molecular weight excluding hydrogens is 345 g/mol. The molecule has 3 N–H and O–H groups in total. The topological polar surface area (TPSA) is 66.2 Å². The number of carbonyl (C=O) groups is 1. The number of carbonyl (C=O) groups excluding carboxylic acids is 1. The number of aromatic nitrogens is 1. The van der Waals surface area contributed by atoms with Gasteiger partial charge in [0.1, 0.15) is 12.4 Å². The third-order valence-electron chi connectivity index (χ3n) is 5.58. The SMILES string of the molecule is O=C1NOCc2c(-c3ccc([C@@H]4CCCNC4)cc3F)[nH]c3cccc1c23. The maximum Gasteiger partial charge on any atom is 0.275 e. The number of H-pyrrole nitrogens is 1. The van der Waals surface area contributed by atoms with Crippen molar-refractivity contribution in [2.75, 3.05) is 13.1 Å². The van der Waals surface area contributed by atoms with Crippen LogP contribution in [0.5, 0.6) is 0 Å². The first-order valence-electron chi connectivity index (χ1n) is 9.28. The predicted octanol–water partition coefficient (Wildman–Crippen LogP) is 3.62. The first-order chi connectivity index (χ1) is 13.2. The molecule has 5 rings (SSSR count). The van der Waals surface area contributed by atoms with Gasteiger partial charge in [-0.25, -0.2) is 9.87 Å². The number of hydrogen-bond donors (Lipinski definition) is 3. The van der Waals surface area contributed by atoms with Crippen LogP contribution in [0.4, 0.5) is 4.39 Å². The van der Waals surface area contributed by atoms with E-state index in [4.69, 9.17) is 4.84 Å². The molecule has 0 saturated carbocycles. The lowest BCUT2D eigenvalue weighted by molar-refractivity contribution is 0.0256. The average molecular weight is 365 g/mol. The van der Waals surface area contributed by atoms with Gasteiger partial charge in [0.25, 0.3) is 5.91 Å². The molecule has 3 heterocycles. The second kappa shape index (κ2) is 6.48. The summed E-state index contributed by atoms with van der Waals surface area (Å²) >= 11 is 0. The van der Waals surface area contributed by atoms with Crippen LogP contribution in [0.15, 0.2) is 36.4 Å². The Morgan fingerprint density at radius 1 is 1.15 bits per heavy atom. The molecule has 6 heteroatoms. The molecule has 2 aliphatic rings. The van der Waals surface area contributed by atoms with Gasteiger partial charge in [-0.15, -0.1) is 0 Å². The monoisotopic (exact) mass is 365 g/mol. The van der Waals surface area contributed by atoms with Gasteiger partial charge in [0, 0.05) is 28.6 Å². The van der Waals surface area contributed by atoms with E-state index in [1.165, 1.54) is 0 Å². The third-order valence-corrected chi connectivity index (χ3v) is 5.58. The van der Waals surface area contributed by atoms with Crippen LogP contribution in [-0.4, -0.2) is 24.0 Å². The molecule has 1 fully saturated rings. The van der Waals surface area contributed by atoms with Crippen molar-refractivity contribution in [1.82, 2.24) is 15.8 Å². The molecule has 1 atom stereocenters. The van der Waals surface area contributed by atoms with E-state index in [0.717, 1.165) is 48.0 Å². The number of piperidine rings is 1. The summed E-state index contributed by atoms with van der Waals surface area (Å²) in [6.45, 7) is 2.11. The molecule has 3 aromatic rings. The van der Waals surface area contributed by atoms with Crippen molar-refractivity contribution in [3.8, 4) is 11.3 Å². The smallest absolute Gasteiger partial charge is 0.275 e. The second-order valence-corrected chi connectivity index (χ2v) is 7.21. The van der Waals surface area contributed by atoms with Crippen molar-refractivity contribution in [3.63, 3.8) is 0 Å². The zero-order valence-electron chi connectivity index (χ0n) is 14.8. The van der Waals surface area contributed by atoms with E-state index < -0.39 is 0 Å². The van der Waals surface area contributed by atoms with Crippen LogP contribution in [0.3, 0.4) is 0 Å². The molecule has 1 amide bonds. The van der Waals surface area contributed by atoms with E-state index in [9.17, 15) is 4.79 Å². The number of nitrogens with one attached hydrogen (secondary N) is 3. The van der Waals surface area contributed by atoms with Crippen LogP contribution in [0, 0.1) is 5.82 Å². The number of benzene rings is 2. The molecule has 0 spiro atoms. The number of rotatable bonds is 2. The van der Waals surface area contributed by atoms with Crippen molar-refractivity contribution < 1.29 is 14.0 Å². The highest BCUT2D eigenvalue weighted by Gasteiger charge is 2.24. The van der Waals surface area contributed by atoms with E-state index in [1.54, 1.807) is 12.1 Å². The Morgan fingerprint density at radius 2 is 2.07 bits per heavy atom. The fraction of sp³-hybridized carbons (Fsp3) is 0.286. The summed E-state index contributed by atoms with van der Waals surface area (Å²) < 4.78 is 15.1. The summed E-state index contributed by atoms with van der Waals surface area (Å²) in [5.74, 6) is -0.195. The average Bonchev–Trinajstić information content (AvgIpc) is 2.97. The zero-order valence-corrected chi connectivity index (χ0v) is 14.8. The largest absolute Gasteiger partial charge is 0.354 e. The van der Waals surface area contributed by atoms with Gasteiger partial charge < -0.3 is 10.3 Å². The Hall–Kier alpha value is -2.70.